The number of nitrogens with zero attached hydrogens (tertiary/aromatic N) is 3. The van der Waals surface area contributed by atoms with Crippen LogP contribution in [0.25, 0.3) is 0 Å². The van der Waals surface area contributed by atoms with E-state index < -0.39 is 17.6 Å². The maximum Gasteiger partial charge on any atom is 0.325 e. The molecule has 2 N–H and O–H groups in total. The van der Waals surface area contributed by atoms with Gasteiger partial charge in [0.15, 0.2) is 0 Å². The van der Waals surface area contributed by atoms with Gasteiger partial charge in [0.2, 0.25) is 0 Å². The fraction of sp³-hybridized carbons (Fsp3) is 0.750. The Morgan fingerprint density at radius 1 is 1.31 bits per heavy atom. The Balaban J connectivity index is 2.63. The first-order valence-electron chi connectivity index (χ1n) is 8.37. The van der Waals surface area contributed by atoms with Crippen molar-refractivity contribution < 1.29 is 28.6 Å². The van der Waals surface area contributed by atoms with Crippen LogP contribution in [0.4, 0.5) is 0 Å². The third kappa shape index (κ3) is 7.36. The summed E-state index contributed by atoms with van der Waals surface area (Å²) < 4.78 is 15.3. The van der Waals surface area contributed by atoms with Crippen LogP contribution >= 0.6 is 0 Å². The Bertz CT molecular complexity index is 596. The van der Waals surface area contributed by atoms with E-state index in [4.69, 9.17) is 20.0 Å². The minimum atomic E-state index is -0.908. The van der Waals surface area contributed by atoms with E-state index in [1.807, 2.05) is 6.92 Å². The van der Waals surface area contributed by atoms with Crippen LogP contribution in [0.15, 0.2) is 0 Å². The van der Waals surface area contributed by atoms with Crippen LogP contribution in [0.5, 0.6) is 0 Å². The summed E-state index contributed by atoms with van der Waals surface area (Å²) in [5.74, 6) is -0.894. The quantitative estimate of drug-likeness (QED) is 0.565. The smallest absolute Gasteiger partial charge is 0.325 e. The van der Waals surface area contributed by atoms with Crippen LogP contribution in [0.3, 0.4) is 0 Å². The molecule has 0 saturated heterocycles. The van der Waals surface area contributed by atoms with Crippen LogP contribution in [0.2, 0.25) is 0 Å². The highest BCUT2D eigenvalue weighted by molar-refractivity contribution is 5.76. The van der Waals surface area contributed by atoms with Crippen molar-refractivity contribution in [1.82, 2.24) is 15.2 Å². The van der Waals surface area contributed by atoms with Gasteiger partial charge in [-0.25, -0.2) is 0 Å². The summed E-state index contributed by atoms with van der Waals surface area (Å²) in [5.41, 5.74) is 6.25. The van der Waals surface area contributed by atoms with Gasteiger partial charge in [-0.05, 0) is 32.9 Å². The summed E-state index contributed by atoms with van der Waals surface area (Å²) in [5, 5.41) is 7.87. The van der Waals surface area contributed by atoms with Crippen molar-refractivity contribution in [3.05, 3.63) is 11.4 Å². The first kappa shape index (κ1) is 21.8. The molecule has 0 aliphatic carbocycles. The van der Waals surface area contributed by atoms with Gasteiger partial charge in [-0.1, -0.05) is 4.85 Å². The van der Waals surface area contributed by atoms with Crippen LogP contribution < -0.4 is 10.6 Å². The number of esters is 2. The fourth-order valence-corrected chi connectivity index (χ4v) is 1.95. The number of rotatable bonds is 10. The molecule has 148 valence electrons. The molecule has 26 heavy (non-hydrogen) atoms. The summed E-state index contributed by atoms with van der Waals surface area (Å²) >= 11 is 0. The number of methoxy groups -OCH3 is 1. The summed E-state index contributed by atoms with van der Waals surface area (Å²) in [6.07, 6.45) is 0.484. The van der Waals surface area contributed by atoms with Gasteiger partial charge in [0.25, 0.3) is 0 Å². The third-order valence-corrected chi connectivity index (χ3v) is 3.10. The summed E-state index contributed by atoms with van der Waals surface area (Å²) in [4.78, 5) is 29.8. The molecule has 1 atom stereocenters. The van der Waals surface area contributed by atoms with Crippen LogP contribution in [0.1, 0.15) is 45.5 Å². The monoisotopic (exact) mass is 372 g/mol. The zero-order valence-corrected chi connectivity index (χ0v) is 16.0. The lowest BCUT2D eigenvalue weighted by Crippen LogP contribution is -2.40. The normalized spacial score (nSPS) is 12.5. The van der Waals surface area contributed by atoms with Gasteiger partial charge in [0.05, 0.1) is 26.7 Å². The van der Waals surface area contributed by atoms with Gasteiger partial charge >= 0.3 is 11.9 Å². The molecule has 0 saturated carbocycles. The van der Waals surface area contributed by atoms with Gasteiger partial charge in [0, 0.05) is 6.42 Å². The molecular formula is C16H28N4O6. The molecule has 0 aliphatic heterocycles. The maximum atomic E-state index is 11.8. The number of ether oxygens (including phenoxy) is 3. The second-order valence-corrected chi connectivity index (χ2v) is 6.50. The molecule has 1 unspecified atom stereocenters. The van der Waals surface area contributed by atoms with E-state index in [-0.39, 0.29) is 25.6 Å². The highest BCUT2D eigenvalue weighted by Gasteiger charge is 2.23. The molecule has 0 aliphatic rings. The average Bonchev–Trinajstić information content (AvgIpc) is 2.93. The van der Waals surface area contributed by atoms with Crippen molar-refractivity contribution in [2.45, 2.75) is 58.8 Å². The van der Waals surface area contributed by atoms with E-state index >= 15 is 0 Å². The highest BCUT2D eigenvalue weighted by atomic mass is 16.7. The molecule has 1 aromatic heterocycles. The standard InChI is InChI=1S/C16H28N4O6/c1-6-25-20-13(7-8-14(21)23-5)12(18-19-20)10-24-9-11(17)15(22)26-16(2,3)4/h11H,6-10,17H2,1-5H3. The first-order valence-corrected chi connectivity index (χ1v) is 8.37. The predicted octanol–water partition coefficient (Wildman–Crippen LogP) is 0.0178. The zero-order valence-electron chi connectivity index (χ0n) is 16.0. The summed E-state index contributed by atoms with van der Waals surface area (Å²) in [7, 11) is 1.32. The summed E-state index contributed by atoms with van der Waals surface area (Å²) in [6, 6.07) is -0.908. The number of hydrogen-bond donors (Lipinski definition) is 1. The van der Waals surface area contributed by atoms with E-state index in [1.54, 1.807) is 20.8 Å². The highest BCUT2D eigenvalue weighted by Crippen LogP contribution is 2.11. The van der Waals surface area contributed by atoms with Gasteiger partial charge in [-0.15, -0.1) is 5.10 Å². The van der Waals surface area contributed by atoms with E-state index in [2.05, 4.69) is 15.0 Å². The molecule has 0 amide bonds. The molecule has 0 spiro atoms. The summed E-state index contributed by atoms with van der Waals surface area (Å²) in [6.45, 7) is 7.52. The number of nitrogens with two attached hydrogens (primary N) is 1. The lowest BCUT2D eigenvalue weighted by molar-refractivity contribution is -0.158. The van der Waals surface area contributed by atoms with Crippen molar-refractivity contribution in [2.24, 2.45) is 5.73 Å². The Labute approximate surface area is 152 Å². The Hall–Kier alpha value is -2.20. The van der Waals surface area contributed by atoms with E-state index in [9.17, 15) is 9.59 Å². The third-order valence-electron chi connectivity index (χ3n) is 3.10. The maximum absolute atomic E-state index is 11.8. The SMILES string of the molecule is CCOn1nnc(COCC(N)C(=O)OC(C)(C)C)c1CCC(=O)OC. The largest absolute Gasteiger partial charge is 0.469 e. The lowest BCUT2D eigenvalue weighted by Gasteiger charge is -2.22. The number of aromatic nitrogens is 3. The Morgan fingerprint density at radius 2 is 2.00 bits per heavy atom. The molecule has 1 aromatic rings. The van der Waals surface area contributed by atoms with Gasteiger partial charge in [-0.2, -0.15) is 0 Å². The lowest BCUT2D eigenvalue weighted by atomic mass is 10.2. The molecular weight excluding hydrogens is 344 g/mol. The molecule has 10 nitrogen and oxygen atoms in total. The van der Waals surface area contributed by atoms with Crippen molar-refractivity contribution in [1.29, 1.82) is 0 Å². The molecule has 0 radical (unpaired) electrons. The average molecular weight is 372 g/mol. The van der Waals surface area contributed by atoms with Crippen LogP contribution in [-0.2, 0) is 36.8 Å². The van der Waals surface area contributed by atoms with E-state index in [1.165, 1.54) is 12.0 Å². The molecule has 0 bridgehead atoms. The number of carbonyl (C=O) groups excluding carboxylic acids is 2. The molecule has 1 rings (SSSR count). The van der Waals surface area contributed by atoms with Gasteiger partial charge < -0.3 is 24.8 Å². The Kier molecular flexibility index (Phi) is 8.46. The van der Waals surface area contributed by atoms with Crippen LogP contribution in [0, 0.1) is 0 Å². The molecule has 1 heterocycles. The zero-order chi connectivity index (χ0) is 19.7. The molecule has 0 fully saturated rings. The molecule has 0 aromatic carbocycles. The minimum Gasteiger partial charge on any atom is -0.469 e. The van der Waals surface area contributed by atoms with Crippen molar-refractivity contribution in [3.63, 3.8) is 0 Å². The Morgan fingerprint density at radius 3 is 2.58 bits per heavy atom. The predicted molar refractivity (Wildman–Crippen MR) is 91.0 cm³/mol. The van der Waals surface area contributed by atoms with Crippen molar-refractivity contribution in [3.8, 4) is 0 Å². The fourth-order valence-electron chi connectivity index (χ4n) is 1.95. The number of carbonyl (C=O) groups is 2. The number of hydrogen-bond acceptors (Lipinski definition) is 9. The van der Waals surface area contributed by atoms with E-state index in [0.717, 1.165) is 0 Å². The first-order chi connectivity index (χ1) is 12.2. The van der Waals surface area contributed by atoms with E-state index in [0.29, 0.717) is 24.4 Å². The van der Waals surface area contributed by atoms with Crippen LogP contribution in [-0.4, -0.2) is 59.1 Å². The minimum absolute atomic E-state index is 0.0349. The second kappa shape index (κ2) is 10.1. The van der Waals surface area contributed by atoms with Gasteiger partial charge in [0.1, 0.15) is 29.6 Å². The van der Waals surface area contributed by atoms with Crippen molar-refractivity contribution >= 4 is 11.9 Å². The molecule has 10 heteroatoms. The van der Waals surface area contributed by atoms with Crippen molar-refractivity contribution in [2.75, 3.05) is 20.3 Å². The topological polar surface area (TPSA) is 128 Å². The second-order valence-electron chi connectivity index (χ2n) is 6.50. The van der Waals surface area contributed by atoms with Gasteiger partial charge in [-0.3, -0.25) is 9.59 Å².